The Bertz CT molecular complexity index is 630. The van der Waals surface area contributed by atoms with E-state index in [1.165, 1.54) is 0 Å². The molecule has 1 aliphatic heterocycles. The second kappa shape index (κ2) is 9.78. The number of fused-ring (bicyclic) bond motifs is 1. The lowest BCUT2D eigenvalue weighted by molar-refractivity contribution is -0.122. The van der Waals surface area contributed by atoms with Gasteiger partial charge < -0.3 is 21.1 Å². The van der Waals surface area contributed by atoms with Crippen LogP contribution in [0.1, 0.15) is 50.5 Å². The van der Waals surface area contributed by atoms with E-state index in [9.17, 15) is 9.59 Å². The maximum Gasteiger partial charge on any atom is 0.224 e. The van der Waals surface area contributed by atoms with Crippen LogP contribution in [0, 0.1) is 0 Å². The number of halogens is 1. The second-order valence-electron chi connectivity index (χ2n) is 7.00. The van der Waals surface area contributed by atoms with E-state index in [1.807, 2.05) is 18.2 Å². The van der Waals surface area contributed by atoms with E-state index in [0.29, 0.717) is 31.9 Å². The van der Waals surface area contributed by atoms with Crippen LogP contribution < -0.4 is 21.1 Å². The highest BCUT2D eigenvalue weighted by Crippen LogP contribution is 2.26. The molecule has 0 aromatic heterocycles. The monoisotopic (exact) mass is 381 g/mol. The molecule has 1 heterocycles. The number of nitrogens with two attached hydrogens (primary N) is 1. The Hall–Kier alpha value is -1.79. The molecule has 6 nitrogen and oxygen atoms in total. The van der Waals surface area contributed by atoms with Gasteiger partial charge in [0.1, 0.15) is 5.75 Å². The number of aryl methyl sites for hydroxylation is 1. The van der Waals surface area contributed by atoms with Crippen molar-refractivity contribution in [3.8, 4) is 5.75 Å². The van der Waals surface area contributed by atoms with E-state index in [4.69, 9.17) is 10.5 Å². The number of hydrogen-bond acceptors (Lipinski definition) is 4. The first-order valence-corrected chi connectivity index (χ1v) is 9.20. The van der Waals surface area contributed by atoms with Crippen molar-refractivity contribution in [2.24, 2.45) is 5.73 Å². The molecule has 4 N–H and O–H groups in total. The van der Waals surface area contributed by atoms with Crippen LogP contribution in [0.5, 0.6) is 5.75 Å². The number of anilines is 1. The first kappa shape index (κ1) is 20.5. The Balaban J connectivity index is 0.00000243. The largest absolute Gasteiger partial charge is 0.494 e. The molecular formula is C19H28ClN3O3. The fourth-order valence-corrected chi connectivity index (χ4v) is 3.44. The zero-order valence-corrected chi connectivity index (χ0v) is 15.8. The highest BCUT2D eigenvalue weighted by Gasteiger charge is 2.19. The van der Waals surface area contributed by atoms with Gasteiger partial charge in [0, 0.05) is 30.6 Å². The smallest absolute Gasteiger partial charge is 0.224 e. The van der Waals surface area contributed by atoms with Crippen molar-refractivity contribution in [1.29, 1.82) is 0 Å². The van der Waals surface area contributed by atoms with Gasteiger partial charge in [-0.2, -0.15) is 0 Å². The molecule has 0 radical (unpaired) electrons. The standard InChI is InChI=1S/C19H27N3O3.ClH/c20-14-4-6-15(7-5-14)21-18(23)2-1-11-25-16-8-9-17-13(12-16)3-10-19(24)22-17;/h8-9,12,14-15H,1-7,10-11,20H2,(H,21,23)(H,22,24);1H. The van der Waals surface area contributed by atoms with Gasteiger partial charge in [-0.05, 0) is 62.3 Å². The molecule has 3 rings (SSSR count). The van der Waals surface area contributed by atoms with Crippen molar-refractivity contribution in [2.45, 2.75) is 63.5 Å². The number of carbonyl (C=O) groups is 2. The van der Waals surface area contributed by atoms with E-state index in [-0.39, 0.29) is 30.3 Å². The minimum Gasteiger partial charge on any atom is -0.494 e. The van der Waals surface area contributed by atoms with Gasteiger partial charge in [-0.1, -0.05) is 0 Å². The van der Waals surface area contributed by atoms with Crippen molar-refractivity contribution >= 4 is 29.9 Å². The summed E-state index contributed by atoms with van der Waals surface area (Å²) in [5, 5.41) is 5.95. The van der Waals surface area contributed by atoms with Gasteiger partial charge in [0.2, 0.25) is 11.8 Å². The first-order chi connectivity index (χ1) is 12.1. The summed E-state index contributed by atoms with van der Waals surface area (Å²) >= 11 is 0. The lowest BCUT2D eigenvalue weighted by Gasteiger charge is -2.26. The molecule has 0 spiro atoms. The van der Waals surface area contributed by atoms with Crippen molar-refractivity contribution in [1.82, 2.24) is 5.32 Å². The van der Waals surface area contributed by atoms with Crippen LogP contribution in [-0.2, 0) is 16.0 Å². The second-order valence-corrected chi connectivity index (χ2v) is 7.00. The molecule has 7 heteroatoms. The normalized spacial score (nSPS) is 21.8. The molecule has 0 saturated heterocycles. The van der Waals surface area contributed by atoms with Crippen molar-refractivity contribution < 1.29 is 14.3 Å². The van der Waals surface area contributed by atoms with Gasteiger partial charge in [0.15, 0.2) is 0 Å². The number of amides is 2. The van der Waals surface area contributed by atoms with Crippen molar-refractivity contribution in [3.05, 3.63) is 23.8 Å². The maximum atomic E-state index is 12.0. The van der Waals surface area contributed by atoms with Gasteiger partial charge >= 0.3 is 0 Å². The molecule has 1 aromatic rings. The molecule has 1 fully saturated rings. The minimum atomic E-state index is 0. The van der Waals surface area contributed by atoms with Crippen LogP contribution >= 0.6 is 12.4 Å². The van der Waals surface area contributed by atoms with Crippen LogP contribution in [0.4, 0.5) is 5.69 Å². The Kier molecular flexibility index (Phi) is 7.72. The molecule has 1 aliphatic carbocycles. The Morgan fingerprint density at radius 3 is 2.77 bits per heavy atom. The van der Waals surface area contributed by atoms with E-state index < -0.39 is 0 Å². The van der Waals surface area contributed by atoms with E-state index in [2.05, 4.69) is 10.6 Å². The predicted octanol–water partition coefficient (Wildman–Crippen LogP) is 2.54. The molecule has 0 bridgehead atoms. The van der Waals surface area contributed by atoms with Gasteiger partial charge in [-0.25, -0.2) is 0 Å². The van der Waals surface area contributed by atoms with Crippen molar-refractivity contribution in [3.63, 3.8) is 0 Å². The molecule has 2 amide bonds. The lowest BCUT2D eigenvalue weighted by Crippen LogP contribution is -2.40. The van der Waals surface area contributed by atoms with Gasteiger partial charge in [0.25, 0.3) is 0 Å². The number of ether oxygens (including phenoxy) is 1. The van der Waals surface area contributed by atoms with Crippen LogP contribution in [0.25, 0.3) is 0 Å². The molecule has 0 atom stereocenters. The van der Waals surface area contributed by atoms with Crippen LogP contribution in [0.3, 0.4) is 0 Å². The van der Waals surface area contributed by atoms with Gasteiger partial charge in [0.05, 0.1) is 6.61 Å². The zero-order valence-electron chi connectivity index (χ0n) is 15.0. The SMILES string of the molecule is Cl.NC1CCC(NC(=O)CCCOc2ccc3c(c2)CCC(=O)N3)CC1. The van der Waals surface area contributed by atoms with E-state index in [0.717, 1.165) is 49.1 Å². The summed E-state index contributed by atoms with van der Waals surface area (Å²) in [5.41, 5.74) is 7.85. The van der Waals surface area contributed by atoms with Crippen molar-refractivity contribution in [2.75, 3.05) is 11.9 Å². The number of hydrogen-bond donors (Lipinski definition) is 3. The molecule has 1 saturated carbocycles. The third-order valence-corrected chi connectivity index (χ3v) is 4.93. The van der Waals surface area contributed by atoms with Crippen LogP contribution in [0.2, 0.25) is 0 Å². The number of carbonyl (C=O) groups excluding carboxylic acids is 2. The highest BCUT2D eigenvalue weighted by atomic mass is 35.5. The van der Waals surface area contributed by atoms with Crippen LogP contribution in [0.15, 0.2) is 18.2 Å². The molecular weight excluding hydrogens is 354 g/mol. The fourth-order valence-electron chi connectivity index (χ4n) is 3.44. The number of rotatable bonds is 6. The summed E-state index contributed by atoms with van der Waals surface area (Å²) in [6.07, 6.45) is 6.37. The fraction of sp³-hybridized carbons (Fsp3) is 0.579. The third kappa shape index (κ3) is 5.88. The summed E-state index contributed by atoms with van der Waals surface area (Å²) in [6.45, 7) is 0.508. The molecule has 2 aliphatic rings. The maximum absolute atomic E-state index is 12.0. The van der Waals surface area contributed by atoms with Gasteiger partial charge in [-0.15, -0.1) is 12.4 Å². The lowest BCUT2D eigenvalue weighted by atomic mass is 9.92. The zero-order chi connectivity index (χ0) is 17.6. The summed E-state index contributed by atoms with van der Waals surface area (Å²) < 4.78 is 5.74. The van der Waals surface area contributed by atoms with Crippen LogP contribution in [-0.4, -0.2) is 30.5 Å². The molecule has 144 valence electrons. The topological polar surface area (TPSA) is 93.4 Å². The predicted molar refractivity (Wildman–Crippen MR) is 104 cm³/mol. The number of benzene rings is 1. The average Bonchev–Trinajstić information content (AvgIpc) is 2.61. The average molecular weight is 382 g/mol. The Labute approximate surface area is 160 Å². The minimum absolute atomic E-state index is 0. The Morgan fingerprint density at radius 1 is 1.23 bits per heavy atom. The summed E-state index contributed by atoms with van der Waals surface area (Å²) in [6, 6.07) is 6.29. The van der Waals surface area contributed by atoms with E-state index >= 15 is 0 Å². The highest BCUT2D eigenvalue weighted by molar-refractivity contribution is 5.94. The molecule has 1 aromatic carbocycles. The summed E-state index contributed by atoms with van der Waals surface area (Å²) in [4.78, 5) is 23.3. The van der Waals surface area contributed by atoms with E-state index in [1.54, 1.807) is 0 Å². The molecule has 26 heavy (non-hydrogen) atoms. The Morgan fingerprint density at radius 2 is 2.00 bits per heavy atom. The third-order valence-electron chi connectivity index (χ3n) is 4.93. The summed E-state index contributed by atoms with van der Waals surface area (Å²) in [5.74, 6) is 0.945. The number of nitrogens with one attached hydrogen (secondary N) is 2. The quantitative estimate of drug-likeness (QED) is 0.660. The summed E-state index contributed by atoms with van der Waals surface area (Å²) in [7, 11) is 0. The van der Waals surface area contributed by atoms with Gasteiger partial charge in [-0.3, -0.25) is 9.59 Å². The molecule has 0 unspecified atom stereocenters. The first-order valence-electron chi connectivity index (χ1n) is 9.20.